The first-order valence-corrected chi connectivity index (χ1v) is 9.99. The van der Waals surface area contributed by atoms with Crippen LogP contribution in [0.2, 0.25) is 5.02 Å². The van der Waals surface area contributed by atoms with Gasteiger partial charge in [0.2, 0.25) is 11.8 Å². The van der Waals surface area contributed by atoms with Crippen LogP contribution in [0.1, 0.15) is 21.6 Å². The highest BCUT2D eigenvalue weighted by Crippen LogP contribution is 2.23. The molecule has 7 heteroatoms. The number of carbonyl (C=O) groups excluding carboxylic acids is 2. The molecule has 5 nitrogen and oxygen atoms in total. The fraction of sp³-hybridized carbons (Fsp3) is 0.190. The van der Waals surface area contributed by atoms with Gasteiger partial charge in [-0.05, 0) is 29.7 Å². The van der Waals surface area contributed by atoms with Crippen molar-refractivity contribution in [3.63, 3.8) is 0 Å². The van der Waals surface area contributed by atoms with Gasteiger partial charge in [-0.1, -0.05) is 54.1 Å². The van der Waals surface area contributed by atoms with Crippen LogP contribution in [0.15, 0.2) is 54.7 Å². The molecule has 0 aliphatic carbocycles. The molecule has 1 aromatic heterocycles. The molecular formula is C21H20ClN3O2S. The first-order valence-electron chi connectivity index (χ1n) is 8.80. The lowest BCUT2D eigenvalue weighted by Gasteiger charge is -2.05. The molecule has 0 spiro atoms. The number of nitrogens with one attached hydrogen (secondary N) is 2. The molecule has 2 amide bonds. The molecule has 3 aromatic rings. The summed E-state index contributed by atoms with van der Waals surface area (Å²) in [5.41, 5.74) is 3.03. The number of benzene rings is 2. The van der Waals surface area contributed by atoms with Crippen LogP contribution < -0.4 is 10.6 Å². The highest BCUT2D eigenvalue weighted by atomic mass is 35.5. The van der Waals surface area contributed by atoms with Gasteiger partial charge >= 0.3 is 0 Å². The molecule has 0 aliphatic rings. The lowest BCUT2D eigenvalue weighted by atomic mass is 10.1. The Morgan fingerprint density at radius 1 is 1.07 bits per heavy atom. The molecule has 0 saturated carbocycles. The zero-order valence-electron chi connectivity index (χ0n) is 15.4. The van der Waals surface area contributed by atoms with Gasteiger partial charge in [0.15, 0.2) is 5.13 Å². The van der Waals surface area contributed by atoms with E-state index in [1.807, 2.05) is 55.5 Å². The van der Waals surface area contributed by atoms with Gasteiger partial charge in [-0.25, -0.2) is 4.98 Å². The topological polar surface area (TPSA) is 71.1 Å². The van der Waals surface area contributed by atoms with Gasteiger partial charge in [0.25, 0.3) is 0 Å². The van der Waals surface area contributed by atoms with Crippen LogP contribution in [-0.4, -0.2) is 23.3 Å². The molecule has 0 fully saturated rings. The number of aryl methyl sites for hydroxylation is 1. The van der Waals surface area contributed by atoms with Crippen LogP contribution >= 0.6 is 22.9 Å². The van der Waals surface area contributed by atoms with Gasteiger partial charge in [0, 0.05) is 22.5 Å². The van der Waals surface area contributed by atoms with Crippen molar-refractivity contribution in [3.8, 4) is 0 Å². The normalized spacial score (nSPS) is 10.5. The first kappa shape index (κ1) is 20.0. The van der Waals surface area contributed by atoms with Crippen molar-refractivity contribution in [1.29, 1.82) is 0 Å². The van der Waals surface area contributed by atoms with Crippen LogP contribution in [0.3, 0.4) is 0 Å². The van der Waals surface area contributed by atoms with E-state index in [1.165, 1.54) is 11.3 Å². The monoisotopic (exact) mass is 413 g/mol. The zero-order valence-corrected chi connectivity index (χ0v) is 16.9. The average molecular weight is 414 g/mol. The van der Waals surface area contributed by atoms with Gasteiger partial charge in [-0.2, -0.15) is 0 Å². The summed E-state index contributed by atoms with van der Waals surface area (Å²) in [6, 6.07) is 15.3. The van der Waals surface area contributed by atoms with Crippen molar-refractivity contribution in [3.05, 3.63) is 81.3 Å². The van der Waals surface area contributed by atoms with Gasteiger partial charge < -0.3 is 10.6 Å². The van der Waals surface area contributed by atoms with E-state index in [1.54, 1.807) is 6.20 Å². The Kier molecular flexibility index (Phi) is 6.79. The van der Waals surface area contributed by atoms with Crippen molar-refractivity contribution in [2.75, 3.05) is 11.9 Å². The number of anilines is 1. The Balaban J connectivity index is 1.47. The van der Waals surface area contributed by atoms with Crippen molar-refractivity contribution in [2.24, 2.45) is 0 Å². The summed E-state index contributed by atoms with van der Waals surface area (Å²) in [7, 11) is 0. The minimum atomic E-state index is -0.305. The van der Waals surface area contributed by atoms with E-state index in [-0.39, 0.29) is 24.8 Å². The van der Waals surface area contributed by atoms with Crippen LogP contribution in [-0.2, 0) is 22.4 Å². The van der Waals surface area contributed by atoms with Crippen molar-refractivity contribution in [1.82, 2.24) is 10.3 Å². The van der Waals surface area contributed by atoms with Crippen LogP contribution in [0.5, 0.6) is 0 Å². The quantitative estimate of drug-likeness (QED) is 0.615. The fourth-order valence-electron chi connectivity index (χ4n) is 2.58. The second-order valence-electron chi connectivity index (χ2n) is 6.38. The number of hydrogen-bond donors (Lipinski definition) is 2. The maximum absolute atomic E-state index is 12.0. The summed E-state index contributed by atoms with van der Waals surface area (Å²) in [5, 5.41) is 6.58. The maximum Gasteiger partial charge on any atom is 0.245 e. The molecule has 144 valence electrons. The van der Waals surface area contributed by atoms with E-state index in [0.29, 0.717) is 11.6 Å². The van der Waals surface area contributed by atoms with Crippen LogP contribution in [0.4, 0.5) is 5.13 Å². The highest BCUT2D eigenvalue weighted by molar-refractivity contribution is 7.15. The van der Waals surface area contributed by atoms with Crippen molar-refractivity contribution < 1.29 is 9.59 Å². The Bertz CT molecular complexity index is 973. The van der Waals surface area contributed by atoms with Crippen LogP contribution in [0.25, 0.3) is 0 Å². The number of rotatable bonds is 7. The smallest absolute Gasteiger partial charge is 0.245 e. The summed E-state index contributed by atoms with van der Waals surface area (Å²) in [5.74, 6) is -0.502. The molecular weight excluding hydrogens is 394 g/mol. The molecule has 0 saturated heterocycles. The van der Waals surface area contributed by atoms with E-state index in [2.05, 4.69) is 15.6 Å². The molecule has 3 rings (SSSR count). The standard InChI is InChI=1S/C21H20ClN3O2S/c1-14-7-8-16(10-18(14)22)9-17-12-24-21(28-17)25-20(27)13-23-19(26)11-15-5-3-2-4-6-15/h2-8,10,12H,9,11,13H2,1H3,(H,23,26)(H,24,25,27). The van der Waals surface area contributed by atoms with Gasteiger partial charge in [0.1, 0.15) is 0 Å². The fourth-order valence-corrected chi connectivity index (χ4v) is 3.65. The number of carbonyl (C=O) groups is 2. The Morgan fingerprint density at radius 3 is 2.61 bits per heavy atom. The van der Waals surface area contributed by atoms with Gasteiger partial charge in [0.05, 0.1) is 13.0 Å². The number of nitrogens with zero attached hydrogens (tertiary/aromatic N) is 1. The van der Waals surface area contributed by atoms with E-state index in [9.17, 15) is 9.59 Å². The first-order chi connectivity index (χ1) is 13.5. The highest BCUT2D eigenvalue weighted by Gasteiger charge is 2.10. The van der Waals surface area contributed by atoms with E-state index < -0.39 is 0 Å². The lowest BCUT2D eigenvalue weighted by Crippen LogP contribution is -2.33. The largest absolute Gasteiger partial charge is 0.347 e. The molecule has 28 heavy (non-hydrogen) atoms. The molecule has 2 N–H and O–H groups in total. The third-order valence-corrected chi connectivity index (χ3v) is 5.39. The van der Waals surface area contributed by atoms with Gasteiger partial charge in [-0.3, -0.25) is 9.59 Å². The van der Waals surface area contributed by atoms with E-state index in [4.69, 9.17) is 11.6 Å². The van der Waals surface area contributed by atoms with Crippen LogP contribution in [0, 0.1) is 6.92 Å². The Hall–Kier alpha value is -2.70. The second-order valence-corrected chi connectivity index (χ2v) is 7.90. The third-order valence-electron chi connectivity index (χ3n) is 4.07. The van der Waals surface area contributed by atoms with E-state index >= 15 is 0 Å². The summed E-state index contributed by atoms with van der Waals surface area (Å²) < 4.78 is 0. The minimum Gasteiger partial charge on any atom is -0.347 e. The number of hydrogen-bond acceptors (Lipinski definition) is 4. The number of halogens is 1. The number of aromatic nitrogens is 1. The molecule has 2 aromatic carbocycles. The molecule has 1 heterocycles. The summed E-state index contributed by atoms with van der Waals surface area (Å²) in [4.78, 5) is 29.2. The zero-order chi connectivity index (χ0) is 19.9. The predicted molar refractivity (Wildman–Crippen MR) is 113 cm³/mol. The summed E-state index contributed by atoms with van der Waals surface area (Å²) >= 11 is 7.57. The van der Waals surface area contributed by atoms with Crippen molar-refractivity contribution in [2.45, 2.75) is 19.8 Å². The second kappa shape index (κ2) is 9.48. The third kappa shape index (κ3) is 5.90. The molecule has 0 atom stereocenters. The number of thiazole rings is 1. The summed E-state index contributed by atoms with van der Waals surface area (Å²) in [6.07, 6.45) is 2.68. The van der Waals surface area contributed by atoms with E-state index in [0.717, 1.165) is 26.6 Å². The Labute approximate surface area is 172 Å². The number of amides is 2. The maximum atomic E-state index is 12.0. The predicted octanol–water partition coefficient (Wildman–Crippen LogP) is 3.99. The molecule has 0 bridgehead atoms. The Morgan fingerprint density at radius 2 is 1.86 bits per heavy atom. The average Bonchev–Trinajstić information content (AvgIpc) is 3.10. The lowest BCUT2D eigenvalue weighted by molar-refractivity contribution is -0.123. The molecule has 0 aliphatic heterocycles. The molecule has 0 unspecified atom stereocenters. The molecule has 0 radical (unpaired) electrons. The SMILES string of the molecule is Cc1ccc(Cc2cnc(NC(=O)CNC(=O)Cc3ccccc3)s2)cc1Cl. The minimum absolute atomic E-state index is 0.0891. The summed E-state index contributed by atoms with van der Waals surface area (Å²) in [6.45, 7) is 1.87. The van der Waals surface area contributed by atoms with Crippen molar-refractivity contribution >= 4 is 39.9 Å². The van der Waals surface area contributed by atoms with Gasteiger partial charge in [-0.15, -0.1) is 11.3 Å².